The number of thioether (sulfide) groups is 1. The summed E-state index contributed by atoms with van der Waals surface area (Å²) in [6, 6.07) is 0.457. The van der Waals surface area contributed by atoms with E-state index in [1.807, 2.05) is 6.92 Å². The maximum atomic E-state index is 11.8. The number of nitriles is 1. The Morgan fingerprint density at radius 1 is 0.914 bits per heavy atom. The smallest absolute Gasteiger partial charge is 0.136 e. The number of nitrogens with one attached hydrogen (secondary N) is 1. The SMILES string of the molecule is CC(C)/C=C/CCC(=O)CCOCCOCCOC(C)(CCOCCOCCNC(C)C)SC#N. The molecule has 0 aliphatic carbocycles. The van der Waals surface area contributed by atoms with Crippen molar-refractivity contribution in [1.29, 1.82) is 5.26 Å². The van der Waals surface area contributed by atoms with Gasteiger partial charge in [-0.25, -0.2) is 0 Å². The Bertz CT molecular complexity index is 583. The molecule has 0 fully saturated rings. The molecule has 0 radical (unpaired) electrons. The summed E-state index contributed by atoms with van der Waals surface area (Å²) in [7, 11) is 0. The molecule has 0 saturated heterocycles. The van der Waals surface area contributed by atoms with Gasteiger partial charge in [0.05, 0.1) is 59.5 Å². The zero-order valence-corrected chi connectivity index (χ0v) is 23.3. The van der Waals surface area contributed by atoms with Gasteiger partial charge in [-0.05, 0) is 31.0 Å². The highest BCUT2D eigenvalue weighted by atomic mass is 32.2. The summed E-state index contributed by atoms with van der Waals surface area (Å²) in [6.07, 6.45) is 6.56. The first-order valence-corrected chi connectivity index (χ1v) is 13.5. The molecular formula is C26H48N2O6S. The predicted octanol–water partition coefficient (Wildman–Crippen LogP) is 4.34. The Morgan fingerprint density at radius 3 is 2.14 bits per heavy atom. The number of rotatable bonds is 25. The number of ether oxygens (including phenoxy) is 5. The zero-order chi connectivity index (χ0) is 26.2. The first kappa shape index (κ1) is 34.0. The molecule has 0 spiro atoms. The van der Waals surface area contributed by atoms with Gasteiger partial charge in [-0.1, -0.05) is 39.8 Å². The van der Waals surface area contributed by atoms with Crippen LogP contribution >= 0.6 is 11.8 Å². The highest BCUT2D eigenvalue weighted by Gasteiger charge is 2.26. The monoisotopic (exact) mass is 516 g/mol. The standard InChI is InChI=1S/C26H48N2O6S/c1-23(2)8-6-7-9-25(29)10-13-30-16-19-33-20-21-34-26(5,35-22-27)11-14-31-17-18-32-15-12-28-24(3)4/h6,8,23-24,28H,7,9-21H2,1-5H3/b8-6+. The number of nitrogens with zero attached hydrogens (tertiary/aromatic N) is 1. The summed E-state index contributed by atoms with van der Waals surface area (Å²) in [4.78, 5) is 11.1. The average Bonchev–Trinajstić information content (AvgIpc) is 2.79. The predicted molar refractivity (Wildman–Crippen MR) is 141 cm³/mol. The fourth-order valence-corrected chi connectivity index (χ4v) is 3.33. The van der Waals surface area contributed by atoms with Crippen molar-refractivity contribution >= 4 is 17.5 Å². The van der Waals surface area contributed by atoms with Gasteiger partial charge in [0.2, 0.25) is 0 Å². The Morgan fingerprint density at radius 2 is 1.51 bits per heavy atom. The van der Waals surface area contributed by atoms with Gasteiger partial charge in [0.15, 0.2) is 0 Å². The van der Waals surface area contributed by atoms with E-state index in [4.69, 9.17) is 28.9 Å². The van der Waals surface area contributed by atoms with Crippen LogP contribution in [0.2, 0.25) is 0 Å². The Balaban J connectivity index is 3.70. The number of carbonyl (C=O) groups is 1. The lowest BCUT2D eigenvalue weighted by Crippen LogP contribution is -2.28. The first-order valence-electron chi connectivity index (χ1n) is 12.7. The summed E-state index contributed by atoms with van der Waals surface area (Å²) >= 11 is 1.09. The first-order chi connectivity index (χ1) is 16.8. The minimum atomic E-state index is -0.651. The molecule has 0 aromatic heterocycles. The molecule has 0 amide bonds. The number of carbonyl (C=O) groups excluding carboxylic acids is 1. The Hall–Kier alpha value is -0.990. The number of ketones is 1. The Labute approximate surface area is 217 Å². The third kappa shape index (κ3) is 24.5. The van der Waals surface area contributed by atoms with Crippen molar-refractivity contribution in [3.8, 4) is 5.40 Å². The van der Waals surface area contributed by atoms with Crippen molar-refractivity contribution in [2.24, 2.45) is 5.92 Å². The maximum Gasteiger partial charge on any atom is 0.136 e. The van der Waals surface area contributed by atoms with Crippen LogP contribution in [0.3, 0.4) is 0 Å². The van der Waals surface area contributed by atoms with E-state index in [1.54, 1.807) is 0 Å². The molecule has 0 aliphatic heterocycles. The molecule has 204 valence electrons. The lowest BCUT2D eigenvalue weighted by molar-refractivity contribution is -0.120. The number of allylic oxidation sites excluding steroid dienone is 2. The third-order valence-corrected chi connectivity index (χ3v) is 5.62. The highest BCUT2D eigenvalue weighted by Crippen LogP contribution is 2.29. The van der Waals surface area contributed by atoms with Crippen LogP contribution in [0.4, 0.5) is 0 Å². The second-order valence-corrected chi connectivity index (χ2v) is 10.2. The second kappa shape index (κ2) is 23.4. The average molecular weight is 517 g/mol. The minimum Gasteiger partial charge on any atom is -0.379 e. The van der Waals surface area contributed by atoms with E-state index in [9.17, 15) is 4.79 Å². The summed E-state index contributed by atoms with van der Waals surface area (Å²) in [5.74, 6) is 0.738. The van der Waals surface area contributed by atoms with E-state index < -0.39 is 4.93 Å². The van der Waals surface area contributed by atoms with Crippen molar-refractivity contribution in [3.63, 3.8) is 0 Å². The number of hydrogen-bond acceptors (Lipinski definition) is 9. The molecule has 9 heteroatoms. The van der Waals surface area contributed by atoms with Crippen LogP contribution in [0.15, 0.2) is 12.2 Å². The van der Waals surface area contributed by atoms with Gasteiger partial charge < -0.3 is 29.0 Å². The van der Waals surface area contributed by atoms with Gasteiger partial charge in [0, 0.05) is 31.8 Å². The van der Waals surface area contributed by atoms with Crippen LogP contribution in [0.5, 0.6) is 0 Å². The lowest BCUT2D eigenvalue weighted by Gasteiger charge is -2.26. The number of hydrogen-bond donors (Lipinski definition) is 1. The van der Waals surface area contributed by atoms with E-state index in [2.05, 4.69) is 50.6 Å². The summed E-state index contributed by atoms with van der Waals surface area (Å²) in [5, 5.41) is 14.5. The normalized spacial score (nSPS) is 13.5. The van der Waals surface area contributed by atoms with Crippen LogP contribution in [0, 0.1) is 16.6 Å². The van der Waals surface area contributed by atoms with E-state index in [0.29, 0.717) is 90.7 Å². The molecule has 0 aromatic carbocycles. The molecule has 0 rings (SSSR count). The third-order valence-electron chi connectivity index (χ3n) is 4.78. The molecule has 1 atom stereocenters. The largest absolute Gasteiger partial charge is 0.379 e. The molecule has 8 nitrogen and oxygen atoms in total. The molecule has 35 heavy (non-hydrogen) atoms. The Kier molecular flexibility index (Phi) is 22.7. The van der Waals surface area contributed by atoms with Crippen molar-refractivity contribution in [3.05, 3.63) is 12.2 Å². The maximum absolute atomic E-state index is 11.8. The molecule has 1 unspecified atom stereocenters. The topological polar surface area (TPSA) is 99.0 Å². The van der Waals surface area contributed by atoms with Crippen LogP contribution in [0.1, 0.15) is 60.3 Å². The van der Waals surface area contributed by atoms with Crippen molar-refractivity contribution in [2.75, 3.05) is 66.0 Å². The number of thiocyanates is 1. The van der Waals surface area contributed by atoms with Gasteiger partial charge in [-0.15, -0.1) is 0 Å². The van der Waals surface area contributed by atoms with Crippen LogP contribution in [0.25, 0.3) is 0 Å². The van der Waals surface area contributed by atoms with E-state index in [0.717, 1.165) is 24.7 Å². The van der Waals surface area contributed by atoms with Crippen LogP contribution in [-0.2, 0) is 28.5 Å². The quantitative estimate of drug-likeness (QED) is 0.0822. The molecular weight excluding hydrogens is 468 g/mol. The molecule has 0 aromatic rings. The van der Waals surface area contributed by atoms with Crippen LogP contribution in [-0.4, -0.2) is 82.8 Å². The van der Waals surface area contributed by atoms with Gasteiger partial charge >= 0.3 is 0 Å². The van der Waals surface area contributed by atoms with Gasteiger partial charge in [0.1, 0.15) is 16.1 Å². The molecule has 0 saturated carbocycles. The molecule has 1 N–H and O–H groups in total. The zero-order valence-electron chi connectivity index (χ0n) is 22.5. The van der Waals surface area contributed by atoms with E-state index in [1.165, 1.54) is 0 Å². The van der Waals surface area contributed by atoms with Crippen molar-refractivity contribution in [2.45, 2.75) is 71.3 Å². The molecule has 0 heterocycles. The highest BCUT2D eigenvalue weighted by molar-refractivity contribution is 8.04. The van der Waals surface area contributed by atoms with Gasteiger partial charge in [0.25, 0.3) is 0 Å². The second-order valence-electron chi connectivity index (χ2n) is 8.98. The lowest BCUT2D eigenvalue weighted by atomic mass is 10.1. The fraction of sp³-hybridized carbons (Fsp3) is 0.846. The van der Waals surface area contributed by atoms with E-state index in [-0.39, 0.29) is 5.78 Å². The van der Waals surface area contributed by atoms with E-state index >= 15 is 0 Å². The van der Waals surface area contributed by atoms with Gasteiger partial charge in [-0.3, -0.25) is 4.79 Å². The van der Waals surface area contributed by atoms with Crippen LogP contribution < -0.4 is 5.32 Å². The van der Waals surface area contributed by atoms with Crippen molar-refractivity contribution in [1.82, 2.24) is 5.32 Å². The van der Waals surface area contributed by atoms with Crippen molar-refractivity contribution < 1.29 is 28.5 Å². The summed E-state index contributed by atoms with van der Waals surface area (Å²) in [5.41, 5.74) is 0. The molecule has 0 bridgehead atoms. The summed E-state index contributed by atoms with van der Waals surface area (Å²) < 4.78 is 28.0. The summed E-state index contributed by atoms with van der Waals surface area (Å²) in [6.45, 7) is 15.4. The fourth-order valence-electron chi connectivity index (χ4n) is 2.81. The minimum absolute atomic E-state index is 0.220. The molecule has 0 aliphatic rings. The number of Topliss-reactive ketones (excluding diaryl/α,β-unsaturated/α-hetero) is 1. The van der Waals surface area contributed by atoms with Gasteiger partial charge in [-0.2, -0.15) is 5.26 Å².